The fourth-order valence-electron chi connectivity index (χ4n) is 3.35. The number of nitrogens with two attached hydrogens (primary N) is 1. The second-order valence-corrected chi connectivity index (χ2v) is 7.86. The molecule has 0 bridgehead atoms. The summed E-state index contributed by atoms with van der Waals surface area (Å²) in [4.78, 5) is 9.85. The Balaban J connectivity index is 1.53. The molecule has 2 heterocycles. The van der Waals surface area contributed by atoms with Gasteiger partial charge in [0.15, 0.2) is 16.6 Å². The highest BCUT2D eigenvalue weighted by molar-refractivity contribution is 7.18. The maximum atomic E-state index is 6.16. The van der Waals surface area contributed by atoms with Crippen molar-refractivity contribution in [2.75, 3.05) is 39.0 Å². The van der Waals surface area contributed by atoms with Gasteiger partial charge in [-0.1, -0.05) is 41.7 Å². The molecule has 3 N–H and O–H groups in total. The average Bonchev–Trinajstić information content (AvgIpc) is 3.39. The molecule has 0 fully saturated rings. The standard InChI is InChI=1S/C22H24N4O4S/c1-27-16-10-14(11-17(28-2)18(16)29-3)25-22-26-20(23)19(31-22)21-24-15(12-30-21)9-13-7-5-4-6-8-13/h4-8,10-11,15H,9,12,23H2,1-3H3,(H,25,26). The molecule has 1 aliphatic heterocycles. The predicted molar refractivity (Wildman–Crippen MR) is 122 cm³/mol. The van der Waals surface area contributed by atoms with Gasteiger partial charge in [0, 0.05) is 17.8 Å². The van der Waals surface area contributed by atoms with Gasteiger partial charge in [-0.15, -0.1) is 0 Å². The smallest absolute Gasteiger partial charge is 0.230 e. The molecule has 2 aromatic carbocycles. The number of methoxy groups -OCH3 is 3. The predicted octanol–water partition coefficient (Wildman–Crippen LogP) is 3.88. The maximum absolute atomic E-state index is 6.16. The van der Waals surface area contributed by atoms with Crippen LogP contribution in [0.4, 0.5) is 16.6 Å². The molecule has 9 heteroatoms. The first-order valence-electron chi connectivity index (χ1n) is 9.69. The van der Waals surface area contributed by atoms with Crippen LogP contribution in [0.1, 0.15) is 10.4 Å². The van der Waals surface area contributed by atoms with E-state index >= 15 is 0 Å². The minimum absolute atomic E-state index is 0.0606. The first kappa shape index (κ1) is 20.8. The molecule has 0 amide bonds. The Hall–Kier alpha value is -3.46. The topological polar surface area (TPSA) is 100 Å². The lowest BCUT2D eigenvalue weighted by Gasteiger charge is -2.14. The minimum Gasteiger partial charge on any atom is -0.493 e. The van der Waals surface area contributed by atoms with Gasteiger partial charge in [0.1, 0.15) is 17.3 Å². The molecule has 0 radical (unpaired) electrons. The van der Waals surface area contributed by atoms with Crippen molar-refractivity contribution in [1.82, 2.24) is 4.98 Å². The summed E-state index contributed by atoms with van der Waals surface area (Å²) in [5.41, 5.74) is 8.11. The monoisotopic (exact) mass is 440 g/mol. The van der Waals surface area contributed by atoms with Gasteiger partial charge in [-0.25, -0.2) is 9.98 Å². The van der Waals surface area contributed by atoms with Gasteiger partial charge in [-0.2, -0.15) is 0 Å². The third kappa shape index (κ3) is 4.51. The van der Waals surface area contributed by atoms with Crippen molar-refractivity contribution in [2.45, 2.75) is 12.5 Å². The fraction of sp³-hybridized carbons (Fsp3) is 0.273. The van der Waals surface area contributed by atoms with Crippen LogP contribution in [0.15, 0.2) is 47.5 Å². The number of hydrogen-bond acceptors (Lipinski definition) is 9. The SMILES string of the molecule is COc1cc(Nc2nc(N)c(C3=NC(Cc4ccccc4)CO3)s2)cc(OC)c1OC. The molecule has 31 heavy (non-hydrogen) atoms. The van der Waals surface area contributed by atoms with E-state index in [2.05, 4.69) is 22.4 Å². The number of anilines is 3. The lowest BCUT2D eigenvalue weighted by atomic mass is 10.1. The number of nitrogens with one attached hydrogen (secondary N) is 1. The highest BCUT2D eigenvalue weighted by Gasteiger charge is 2.25. The van der Waals surface area contributed by atoms with E-state index in [1.807, 2.05) is 18.2 Å². The number of nitrogens with zero attached hydrogens (tertiary/aromatic N) is 2. The third-order valence-corrected chi connectivity index (χ3v) is 5.76. The number of thiazole rings is 1. The van der Waals surface area contributed by atoms with E-state index in [9.17, 15) is 0 Å². The van der Waals surface area contributed by atoms with Gasteiger partial charge in [-0.3, -0.25) is 0 Å². The van der Waals surface area contributed by atoms with Crippen LogP contribution in [0, 0.1) is 0 Å². The van der Waals surface area contributed by atoms with Gasteiger partial charge in [0.25, 0.3) is 0 Å². The average molecular weight is 441 g/mol. The summed E-state index contributed by atoms with van der Waals surface area (Å²) in [6.07, 6.45) is 0.819. The van der Waals surface area contributed by atoms with Crippen molar-refractivity contribution in [3.8, 4) is 17.2 Å². The number of ether oxygens (including phenoxy) is 4. The Morgan fingerprint density at radius 1 is 1.10 bits per heavy atom. The summed E-state index contributed by atoms with van der Waals surface area (Å²) in [5.74, 6) is 2.52. The van der Waals surface area contributed by atoms with Gasteiger partial charge < -0.3 is 30.0 Å². The Bertz CT molecular complexity index is 1060. The quantitative estimate of drug-likeness (QED) is 0.548. The van der Waals surface area contributed by atoms with Crippen molar-refractivity contribution in [3.05, 3.63) is 52.9 Å². The molecule has 3 aromatic rings. The first-order valence-corrected chi connectivity index (χ1v) is 10.5. The molecule has 1 aliphatic rings. The molecule has 162 valence electrons. The lowest BCUT2D eigenvalue weighted by Crippen LogP contribution is -2.09. The van der Waals surface area contributed by atoms with Crippen LogP contribution < -0.4 is 25.3 Å². The molecule has 1 aromatic heterocycles. The summed E-state index contributed by atoms with van der Waals surface area (Å²) in [6.45, 7) is 0.525. The summed E-state index contributed by atoms with van der Waals surface area (Å²) in [7, 11) is 4.71. The molecule has 1 atom stereocenters. The van der Waals surface area contributed by atoms with E-state index in [1.54, 1.807) is 33.5 Å². The number of rotatable bonds is 8. The highest BCUT2D eigenvalue weighted by atomic mass is 32.1. The van der Waals surface area contributed by atoms with Crippen LogP contribution >= 0.6 is 11.3 Å². The molecule has 0 saturated heterocycles. The van der Waals surface area contributed by atoms with Crippen LogP contribution in [0.5, 0.6) is 17.2 Å². The normalized spacial score (nSPS) is 15.2. The van der Waals surface area contributed by atoms with E-state index in [0.717, 1.165) is 12.1 Å². The molecular weight excluding hydrogens is 416 g/mol. The number of aliphatic imine (C=N–C) groups is 1. The zero-order valence-corrected chi connectivity index (χ0v) is 18.4. The van der Waals surface area contributed by atoms with Crippen molar-refractivity contribution in [2.24, 2.45) is 4.99 Å². The van der Waals surface area contributed by atoms with Crippen molar-refractivity contribution < 1.29 is 18.9 Å². The van der Waals surface area contributed by atoms with Crippen LogP contribution in [-0.4, -0.2) is 44.9 Å². The van der Waals surface area contributed by atoms with Crippen LogP contribution in [0.3, 0.4) is 0 Å². The van der Waals surface area contributed by atoms with Crippen LogP contribution in [0.25, 0.3) is 0 Å². The first-order chi connectivity index (χ1) is 15.1. The Morgan fingerprint density at radius 3 is 2.45 bits per heavy atom. The van der Waals surface area contributed by atoms with Crippen molar-refractivity contribution in [3.63, 3.8) is 0 Å². The third-order valence-electron chi connectivity index (χ3n) is 4.79. The van der Waals surface area contributed by atoms with Crippen molar-refractivity contribution in [1.29, 1.82) is 0 Å². The molecule has 0 aliphatic carbocycles. The minimum atomic E-state index is 0.0606. The maximum Gasteiger partial charge on any atom is 0.230 e. The molecule has 8 nitrogen and oxygen atoms in total. The lowest BCUT2D eigenvalue weighted by molar-refractivity contribution is 0.317. The Morgan fingerprint density at radius 2 is 1.81 bits per heavy atom. The van der Waals surface area contributed by atoms with Gasteiger partial charge in [0.05, 0.1) is 27.4 Å². The molecule has 1 unspecified atom stereocenters. The second kappa shape index (κ2) is 9.13. The number of nitrogen functional groups attached to an aromatic ring is 1. The Labute approximate surface area is 184 Å². The molecular formula is C22H24N4O4S. The van der Waals surface area contributed by atoms with Crippen molar-refractivity contribution >= 4 is 33.9 Å². The van der Waals surface area contributed by atoms with E-state index in [1.165, 1.54) is 16.9 Å². The van der Waals surface area contributed by atoms with Gasteiger partial charge in [0.2, 0.25) is 11.6 Å². The van der Waals surface area contributed by atoms with E-state index in [4.69, 9.17) is 29.7 Å². The fourth-order valence-corrected chi connectivity index (χ4v) is 4.20. The van der Waals surface area contributed by atoms with Gasteiger partial charge in [-0.05, 0) is 12.0 Å². The number of benzene rings is 2. The summed E-state index contributed by atoms with van der Waals surface area (Å²) in [5, 5.41) is 3.85. The van der Waals surface area contributed by atoms with E-state index in [0.29, 0.717) is 45.6 Å². The zero-order valence-electron chi connectivity index (χ0n) is 17.5. The highest BCUT2D eigenvalue weighted by Crippen LogP contribution is 2.41. The van der Waals surface area contributed by atoms with Crippen LogP contribution in [-0.2, 0) is 11.2 Å². The van der Waals surface area contributed by atoms with E-state index in [-0.39, 0.29) is 6.04 Å². The molecule has 4 rings (SSSR count). The Kier molecular flexibility index (Phi) is 6.13. The summed E-state index contributed by atoms with van der Waals surface area (Å²) in [6, 6.07) is 13.9. The molecule has 0 spiro atoms. The van der Waals surface area contributed by atoms with Crippen LogP contribution in [0.2, 0.25) is 0 Å². The largest absolute Gasteiger partial charge is 0.493 e. The van der Waals surface area contributed by atoms with E-state index < -0.39 is 0 Å². The number of hydrogen-bond donors (Lipinski definition) is 2. The second-order valence-electron chi connectivity index (χ2n) is 6.86. The summed E-state index contributed by atoms with van der Waals surface area (Å²) >= 11 is 1.38. The zero-order chi connectivity index (χ0) is 21.8. The van der Waals surface area contributed by atoms with Gasteiger partial charge >= 0.3 is 0 Å². The molecule has 0 saturated carbocycles. The summed E-state index contributed by atoms with van der Waals surface area (Å²) < 4.78 is 22.0. The number of aromatic nitrogens is 1.